The predicted octanol–water partition coefficient (Wildman–Crippen LogP) is 3.45. The van der Waals surface area contributed by atoms with Gasteiger partial charge in [0.25, 0.3) is 0 Å². The highest BCUT2D eigenvalue weighted by Gasteiger charge is 2.19. The third kappa shape index (κ3) is 3.95. The number of nitrogens with one attached hydrogen (secondary N) is 2. The van der Waals surface area contributed by atoms with Crippen molar-refractivity contribution in [3.05, 3.63) is 28.2 Å². The SMILES string of the molecule is O=C(C[C@H]1CCNC1)Nc1nnc(-c2cc(Cl)cc(Cl)c2)s1. The van der Waals surface area contributed by atoms with Gasteiger partial charge < -0.3 is 10.6 Å². The summed E-state index contributed by atoms with van der Waals surface area (Å²) in [6.07, 6.45) is 1.54. The standard InChI is InChI=1S/C14H14Cl2N4OS/c15-10-4-9(5-11(16)6-10)13-19-20-14(22-13)18-12(21)3-8-1-2-17-7-8/h4-6,8,17H,1-3,7H2,(H,18,20,21)/t8-/m1/s1. The predicted molar refractivity (Wildman–Crippen MR) is 89.6 cm³/mol. The van der Waals surface area contributed by atoms with E-state index in [9.17, 15) is 4.79 Å². The van der Waals surface area contributed by atoms with Gasteiger partial charge in [0.1, 0.15) is 5.01 Å². The molecule has 1 aliphatic heterocycles. The number of hydrogen-bond donors (Lipinski definition) is 2. The van der Waals surface area contributed by atoms with Crippen molar-refractivity contribution in [2.45, 2.75) is 12.8 Å². The zero-order valence-electron chi connectivity index (χ0n) is 11.6. The summed E-state index contributed by atoms with van der Waals surface area (Å²) in [6, 6.07) is 5.19. The molecule has 0 saturated carbocycles. The highest BCUT2D eigenvalue weighted by Crippen LogP contribution is 2.31. The fourth-order valence-electron chi connectivity index (χ4n) is 2.39. The summed E-state index contributed by atoms with van der Waals surface area (Å²) in [7, 11) is 0. The number of carbonyl (C=O) groups excluding carboxylic acids is 1. The Labute approximate surface area is 142 Å². The summed E-state index contributed by atoms with van der Waals surface area (Å²) in [6.45, 7) is 1.88. The molecule has 22 heavy (non-hydrogen) atoms. The van der Waals surface area contributed by atoms with Gasteiger partial charge in [-0.15, -0.1) is 10.2 Å². The lowest BCUT2D eigenvalue weighted by Gasteiger charge is -2.06. The number of hydrogen-bond acceptors (Lipinski definition) is 5. The van der Waals surface area contributed by atoms with Crippen molar-refractivity contribution in [1.29, 1.82) is 0 Å². The van der Waals surface area contributed by atoms with Gasteiger partial charge >= 0.3 is 0 Å². The quantitative estimate of drug-likeness (QED) is 0.880. The highest BCUT2D eigenvalue weighted by atomic mass is 35.5. The Morgan fingerprint density at radius 3 is 2.77 bits per heavy atom. The van der Waals surface area contributed by atoms with Crippen LogP contribution in [0.25, 0.3) is 10.6 Å². The average molecular weight is 357 g/mol. The molecule has 1 amide bonds. The van der Waals surface area contributed by atoms with Crippen LogP contribution in [0, 0.1) is 5.92 Å². The van der Waals surface area contributed by atoms with E-state index in [2.05, 4.69) is 20.8 Å². The van der Waals surface area contributed by atoms with E-state index in [1.807, 2.05) is 0 Å². The van der Waals surface area contributed by atoms with Gasteiger partial charge in [0.15, 0.2) is 0 Å². The first-order valence-corrected chi connectivity index (χ1v) is 8.48. The van der Waals surface area contributed by atoms with E-state index in [0.29, 0.717) is 32.5 Å². The molecule has 0 bridgehead atoms. The summed E-state index contributed by atoms with van der Waals surface area (Å²) in [5, 5.41) is 16.4. The Balaban J connectivity index is 1.66. The first kappa shape index (κ1) is 15.7. The second-order valence-electron chi connectivity index (χ2n) is 5.18. The Bertz CT molecular complexity index is 665. The number of rotatable bonds is 4. The summed E-state index contributed by atoms with van der Waals surface area (Å²) in [5.74, 6) is 0.375. The molecule has 0 spiro atoms. The Kier molecular flexibility index (Phi) is 4.93. The summed E-state index contributed by atoms with van der Waals surface area (Å²) in [4.78, 5) is 12.0. The van der Waals surface area contributed by atoms with Crippen LogP contribution in [0.15, 0.2) is 18.2 Å². The number of halogens is 2. The first-order valence-electron chi connectivity index (χ1n) is 6.91. The Morgan fingerprint density at radius 1 is 1.32 bits per heavy atom. The second kappa shape index (κ2) is 6.91. The fraction of sp³-hybridized carbons (Fsp3) is 0.357. The summed E-state index contributed by atoms with van der Waals surface area (Å²) in [5.41, 5.74) is 0.787. The Morgan fingerprint density at radius 2 is 2.09 bits per heavy atom. The number of benzene rings is 1. The monoisotopic (exact) mass is 356 g/mol. The van der Waals surface area contributed by atoms with E-state index in [1.54, 1.807) is 18.2 Å². The smallest absolute Gasteiger partial charge is 0.226 e. The van der Waals surface area contributed by atoms with Crippen LogP contribution in [-0.4, -0.2) is 29.2 Å². The molecular formula is C14H14Cl2N4OS. The lowest BCUT2D eigenvalue weighted by atomic mass is 10.1. The molecule has 116 valence electrons. The van der Waals surface area contributed by atoms with Gasteiger partial charge in [-0.1, -0.05) is 34.5 Å². The number of amides is 1. The van der Waals surface area contributed by atoms with Crippen molar-refractivity contribution >= 4 is 45.6 Å². The highest BCUT2D eigenvalue weighted by molar-refractivity contribution is 7.18. The van der Waals surface area contributed by atoms with Crippen LogP contribution >= 0.6 is 34.5 Å². The van der Waals surface area contributed by atoms with Gasteiger partial charge in [0.05, 0.1) is 0 Å². The lowest BCUT2D eigenvalue weighted by Crippen LogP contribution is -2.18. The average Bonchev–Trinajstić information content (AvgIpc) is 3.09. The Hall–Kier alpha value is -1.21. The van der Waals surface area contributed by atoms with Gasteiger partial charge in [-0.3, -0.25) is 4.79 Å². The third-order valence-corrected chi connectivity index (χ3v) is 4.74. The van der Waals surface area contributed by atoms with Crippen molar-refractivity contribution in [2.24, 2.45) is 5.92 Å². The molecule has 0 radical (unpaired) electrons. The molecule has 2 N–H and O–H groups in total. The second-order valence-corrected chi connectivity index (χ2v) is 7.03. The van der Waals surface area contributed by atoms with E-state index in [4.69, 9.17) is 23.2 Å². The maximum absolute atomic E-state index is 12.0. The molecule has 1 atom stereocenters. The van der Waals surface area contributed by atoms with Crippen LogP contribution in [0.5, 0.6) is 0 Å². The number of nitrogens with zero attached hydrogens (tertiary/aromatic N) is 2. The molecule has 2 aromatic rings. The minimum Gasteiger partial charge on any atom is -0.316 e. The van der Waals surface area contributed by atoms with Crippen LogP contribution in [0.1, 0.15) is 12.8 Å². The molecule has 3 rings (SSSR count). The molecule has 0 unspecified atom stereocenters. The van der Waals surface area contributed by atoms with E-state index in [0.717, 1.165) is 25.1 Å². The molecule has 1 fully saturated rings. The van der Waals surface area contributed by atoms with E-state index in [-0.39, 0.29) is 5.91 Å². The van der Waals surface area contributed by atoms with E-state index in [1.165, 1.54) is 11.3 Å². The molecule has 0 aliphatic carbocycles. The lowest BCUT2D eigenvalue weighted by molar-refractivity contribution is -0.116. The van der Waals surface area contributed by atoms with Gasteiger partial charge in [0, 0.05) is 22.0 Å². The van der Waals surface area contributed by atoms with Gasteiger partial charge in [0.2, 0.25) is 11.0 Å². The van der Waals surface area contributed by atoms with Crippen molar-refractivity contribution < 1.29 is 4.79 Å². The molecule has 5 nitrogen and oxygen atoms in total. The van der Waals surface area contributed by atoms with Crippen molar-refractivity contribution in [3.63, 3.8) is 0 Å². The minimum atomic E-state index is -0.0273. The summed E-state index contributed by atoms with van der Waals surface area (Å²) < 4.78 is 0. The molecule has 1 saturated heterocycles. The fourth-order valence-corrected chi connectivity index (χ4v) is 3.66. The number of aromatic nitrogens is 2. The maximum Gasteiger partial charge on any atom is 0.226 e. The molecule has 1 aromatic carbocycles. The first-order chi connectivity index (χ1) is 10.6. The number of anilines is 1. The zero-order valence-corrected chi connectivity index (χ0v) is 13.9. The normalized spacial score (nSPS) is 17.6. The zero-order chi connectivity index (χ0) is 15.5. The van der Waals surface area contributed by atoms with Crippen molar-refractivity contribution in [3.8, 4) is 10.6 Å². The van der Waals surface area contributed by atoms with Crippen LogP contribution in [0.2, 0.25) is 10.0 Å². The third-order valence-electron chi connectivity index (χ3n) is 3.42. The van der Waals surface area contributed by atoms with Gasteiger partial charge in [-0.25, -0.2) is 0 Å². The van der Waals surface area contributed by atoms with Crippen LogP contribution in [0.3, 0.4) is 0 Å². The maximum atomic E-state index is 12.0. The molecule has 1 aromatic heterocycles. The van der Waals surface area contributed by atoms with Crippen LogP contribution in [-0.2, 0) is 4.79 Å². The van der Waals surface area contributed by atoms with Crippen molar-refractivity contribution in [2.75, 3.05) is 18.4 Å². The molecule has 1 aliphatic rings. The van der Waals surface area contributed by atoms with Crippen molar-refractivity contribution in [1.82, 2.24) is 15.5 Å². The van der Waals surface area contributed by atoms with E-state index < -0.39 is 0 Å². The minimum absolute atomic E-state index is 0.0273. The molecule has 8 heteroatoms. The van der Waals surface area contributed by atoms with Crippen LogP contribution < -0.4 is 10.6 Å². The molecule has 2 heterocycles. The molecular weight excluding hydrogens is 343 g/mol. The van der Waals surface area contributed by atoms with Gasteiger partial charge in [-0.2, -0.15) is 0 Å². The van der Waals surface area contributed by atoms with E-state index >= 15 is 0 Å². The summed E-state index contributed by atoms with van der Waals surface area (Å²) >= 11 is 13.3. The number of carbonyl (C=O) groups is 1. The topological polar surface area (TPSA) is 66.9 Å². The van der Waals surface area contributed by atoms with Crippen LogP contribution in [0.4, 0.5) is 5.13 Å². The largest absolute Gasteiger partial charge is 0.316 e. The van der Waals surface area contributed by atoms with Gasteiger partial charge in [-0.05, 0) is 43.6 Å².